The Morgan fingerprint density at radius 3 is 2.57 bits per heavy atom. The van der Waals surface area contributed by atoms with E-state index < -0.39 is 5.97 Å². The molecule has 72 valence electrons. The number of hydrogen-bond donors (Lipinski definition) is 1. The summed E-state index contributed by atoms with van der Waals surface area (Å²) < 4.78 is 0. The first-order valence-corrected chi connectivity index (χ1v) is 4.40. The zero-order chi connectivity index (χ0) is 10.7. The maximum Gasteiger partial charge on any atom is 0.307 e. The lowest BCUT2D eigenvalue weighted by Crippen LogP contribution is -2.01. The van der Waals surface area contributed by atoms with Gasteiger partial charge >= 0.3 is 5.97 Å². The van der Waals surface area contributed by atoms with Crippen LogP contribution in [0, 0.1) is 11.3 Å². The third-order valence-electron chi connectivity index (χ3n) is 1.62. The molecular weight excluding hydrogens is 225 g/mol. The number of nitrogens with zero attached hydrogens (tertiary/aromatic N) is 1. The van der Waals surface area contributed by atoms with Crippen LogP contribution in [0.3, 0.4) is 0 Å². The smallest absolute Gasteiger partial charge is 0.307 e. The van der Waals surface area contributed by atoms with Gasteiger partial charge < -0.3 is 5.11 Å². The van der Waals surface area contributed by atoms with Gasteiger partial charge in [0.05, 0.1) is 22.0 Å². The molecule has 3 nitrogen and oxygen atoms in total. The third kappa shape index (κ3) is 2.16. The fourth-order valence-electron chi connectivity index (χ4n) is 0.975. The van der Waals surface area contributed by atoms with Gasteiger partial charge in [-0.2, -0.15) is 5.26 Å². The Hall–Kier alpha value is -1.24. The third-order valence-corrected chi connectivity index (χ3v) is 2.55. The Morgan fingerprint density at radius 2 is 2.07 bits per heavy atom. The van der Waals surface area contributed by atoms with Crippen molar-refractivity contribution in [2.24, 2.45) is 0 Å². The molecule has 0 unspecified atom stereocenters. The average Bonchev–Trinajstić information content (AvgIpc) is 2.13. The Labute approximate surface area is 90.5 Å². The van der Waals surface area contributed by atoms with E-state index in [0.29, 0.717) is 5.56 Å². The molecule has 0 amide bonds. The summed E-state index contributed by atoms with van der Waals surface area (Å²) in [5.74, 6) is -0.993. The van der Waals surface area contributed by atoms with Crippen molar-refractivity contribution in [2.45, 2.75) is 6.42 Å². The van der Waals surface area contributed by atoms with Crippen LogP contribution in [0.2, 0.25) is 10.0 Å². The van der Waals surface area contributed by atoms with Crippen LogP contribution in [-0.4, -0.2) is 11.1 Å². The Kier molecular flexibility index (Phi) is 3.34. The second-order valence-electron chi connectivity index (χ2n) is 2.58. The average molecular weight is 230 g/mol. The van der Waals surface area contributed by atoms with E-state index in [1.54, 1.807) is 0 Å². The summed E-state index contributed by atoms with van der Waals surface area (Å²) in [5.41, 5.74) is 0.647. The molecule has 0 bridgehead atoms. The number of carboxylic acid groups (broad SMARTS) is 1. The molecule has 0 radical (unpaired) electrons. The van der Waals surface area contributed by atoms with E-state index in [0.717, 1.165) is 0 Å². The summed E-state index contributed by atoms with van der Waals surface area (Å²) in [6, 6.07) is 4.79. The minimum absolute atomic E-state index is 0.105. The Balaban J connectivity index is 3.18. The molecule has 1 aromatic rings. The lowest BCUT2D eigenvalue weighted by molar-refractivity contribution is -0.136. The fourth-order valence-corrected chi connectivity index (χ4v) is 1.43. The van der Waals surface area contributed by atoms with Gasteiger partial charge in [0.15, 0.2) is 0 Å². The molecule has 0 spiro atoms. The van der Waals surface area contributed by atoms with Crippen LogP contribution in [0.4, 0.5) is 0 Å². The van der Waals surface area contributed by atoms with Crippen LogP contribution < -0.4 is 0 Å². The van der Waals surface area contributed by atoms with Gasteiger partial charge in [-0.3, -0.25) is 4.79 Å². The zero-order valence-corrected chi connectivity index (χ0v) is 8.43. The zero-order valence-electron chi connectivity index (χ0n) is 6.92. The number of aliphatic carboxylic acids is 1. The minimum atomic E-state index is -0.993. The number of rotatable bonds is 2. The molecule has 5 heteroatoms. The molecule has 0 aliphatic carbocycles. The van der Waals surface area contributed by atoms with E-state index in [1.807, 2.05) is 6.07 Å². The summed E-state index contributed by atoms with van der Waals surface area (Å²) in [7, 11) is 0. The number of hydrogen-bond acceptors (Lipinski definition) is 2. The summed E-state index contributed by atoms with van der Waals surface area (Å²) >= 11 is 11.5. The lowest BCUT2D eigenvalue weighted by atomic mass is 10.1. The van der Waals surface area contributed by atoms with Gasteiger partial charge in [-0.25, -0.2) is 0 Å². The Morgan fingerprint density at radius 1 is 1.43 bits per heavy atom. The summed E-state index contributed by atoms with van der Waals surface area (Å²) in [6.45, 7) is 0. The summed E-state index contributed by atoms with van der Waals surface area (Å²) in [5, 5.41) is 17.4. The van der Waals surface area contributed by atoms with Crippen molar-refractivity contribution in [1.29, 1.82) is 5.26 Å². The van der Waals surface area contributed by atoms with E-state index in [-0.39, 0.29) is 22.0 Å². The molecule has 0 aromatic heterocycles. The van der Waals surface area contributed by atoms with Gasteiger partial charge in [0.1, 0.15) is 6.07 Å². The minimum Gasteiger partial charge on any atom is -0.481 e. The molecule has 1 rings (SSSR count). The van der Waals surface area contributed by atoms with E-state index >= 15 is 0 Å². The molecule has 0 heterocycles. The van der Waals surface area contributed by atoms with Gasteiger partial charge in [0.25, 0.3) is 0 Å². The van der Waals surface area contributed by atoms with E-state index in [4.69, 9.17) is 33.6 Å². The van der Waals surface area contributed by atoms with Crippen LogP contribution in [-0.2, 0) is 11.2 Å². The van der Waals surface area contributed by atoms with Crippen LogP contribution in [0.1, 0.15) is 11.1 Å². The maximum atomic E-state index is 10.4. The van der Waals surface area contributed by atoms with Crippen molar-refractivity contribution >= 4 is 29.2 Å². The highest BCUT2D eigenvalue weighted by Gasteiger charge is 2.11. The van der Waals surface area contributed by atoms with E-state index in [9.17, 15) is 4.79 Å². The predicted octanol–water partition coefficient (Wildman–Crippen LogP) is 2.49. The lowest BCUT2D eigenvalue weighted by Gasteiger charge is -2.03. The van der Waals surface area contributed by atoms with Gasteiger partial charge in [0, 0.05) is 0 Å². The second-order valence-corrected chi connectivity index (χ2v) is 3.34. The topological polar surface area (TPSA) is 61.1 Å². The second kappa shape index (κ2) is 4.32. The van der Waals surface area contributed by atoms with Gasteiger partial charge in [0.2, 0.25) is 0 Å². The molecule has 0 aliphatic heterocycles. The maximum absolute atomic E-state index is 10.4. The first-order chi connectivity index (χ1) is 6.56. The highest BCUT2D eigenvalue weighted by Crippen LogP contribution is 2.29. The fraction of sp³-hybridized carbons (Fsp3) is 0.111. The van der Waals surface area contributed by atoms with E-state index in [2.05, 4.69) is 0 Å². The van der Waals surface area contributed by atoms with Crippen LogP contribution in [0.5, 0.6) is 0 Å². The standard InChI is InChI=1S/C9H5Cl2NO2/c10-8-5(3-7(13)14)1-2-6(4-12)9(8)11/h1-2H,3H2,(H,13,14). The van der Waals surface area contributed by atoms with Crippen molar-refractivity contribution < 1.29 is 9.90 Å². The number of benzene rings is 1. The molecule has 0 saturated heterocycles. The first kappa shape index (κ1) is 10.8. The predicted molar refractivity (Wildman–Crippen MR) is 52.5 cm³/mol. The van der Waals surface area contributed by atoms with Gasteiger partial charge in [-0.1, -0.05) is 29.3 Å². The number of carboxylic acids is 1. The van der Waals surface area contributed by atoms with Crippen LogP contribution >= 0.6 is 23.2 Å². The normalized spacial score (nSPS) is 9.50. The monoisotopic (exact) mass is 229 g/mol. The van der Waals surface area contributed by atoms with Gasteiger partial charge in [-0.15, -0.1) is 0 Å². The molecule has 14 heavy (non-hydrogen) atoms. The van der Waals surface area contributed by atoms with E-state index in [1.165, 1.54) is 12.1 Å². The van der Waals surface area contributed by atoms with Crippen molar-refractivity contribution in [3.05, 3.63) is 33.3 Å². The summed E-state index contributed by atoms with van der Waals surface area (Å²) in [6.07, 6.45) is -0.204. The largest absolute Gasteiger partial charge is 0.481 e. The molecule has 0 saturated carbocycles. The first-order valence-electron chi connectivity index (χ1n) is 3.65. The van der Waals surface area contributed by atoms with Crippen molar-refractivity contribution in [1.82, 2.24) is 0 Å². The molecule has 1 aromatic carbocycles. The summed E-state index contributed by atoms with van der Waals surface area (Å²) in [4.78, 5) is 10.4. The Bertz CT molecular complexity index is 424. The highest BCUT2D eigenvalue weighted by molar-refractivity contribution is 6.43. The number of carbonyl (C=O) groups is 1. The highest BCUT2D eigenvalue weighted by atomic mass is 35.5. The number of halogens is 2. The van der Waals surface area contributed by atoms with Crippen molar-refractivity contribution in [3.63, 3.8) is 0 Å². The molecule has 1 N–H and O–H groups in total. The molecular formula is C9H5Cl2NO2. The van der Waals surface area contributed by atoms with Crippen LogP contribution in [0.25, 0.3) is 0 Å². The van der Waals surface area contributed by atoms with Crippen molar-refractivity contribution in [3.8, 4) is 6.07 Å². The molecule has 0 fully saturated rings. The SMILES string of the molecule is N#Cc1ccc(CC(=O)O)c(Cl)c1Cl. The van der Waals surface area contributed by atoms with Crippen LogP contribution in [0.15, 0.2) is 12.1 Å². The van der Waals surface area contributed by atoms with Gasteiger partial charge in [-0.05, 0) is 11.6 Å². The number of nitriles is 1. The quantitative estimate of drug-likeness (QED) is 0.848. The molecule has 0 atom stereocenters. The molecule has 0 aliphatic rings. The van der Waals surface area contributed by atoms with Crippen molar-refractivity contribution in [2.75, 3.05) is 0 Å².